The molecule has 0 aromatic heterocycles. The molecule has 1 aromatic rings. The van der Waals surface area contributed by atoms with Crippen molar-refractivity contribution in [2.24, 2.45) is 0 Å². The van der Waals surface area contributed by atoms with E-state index in [1.807, 2.05) is 0 Å². The van der Waals surface area contributed by atoms with Gasteiger partial charge in [0.1, 0.15) is 12.3 Å². The van der Waals surface area contributed by atoms with Gasteiger partial charge in [0.05, 0.1) is 12.1 Å². The number of likely N-dealkylation sites (N-methyl/N-ethyl adjacent to an activating group) is 1. The average Bonchev–Trinajstić information content (AvgIpc) is 2.37. The van der Waals surface area contributed by atoms with Crippen molar-refractivity contribution in [3.63, 3.8) is 0 Å². The molecule has 2 rings (SSSR count). The van der Waals surface area contributed by atoms with Gasteiger partial charge in [-0.1, -0.05) is 6.07 Å². The number of anilines is 1. The third-order valence-electron chi connectivity index (χ3n) is 2.83. The van der Waals surface area contributed by atoms with Crippen LogP contribution >= 0.6 is 0 Å². The standard InChI is InChI=1S/C13H14N2O5/c1-15(6-13(18)19)12(17)5-8-2-3-10-9(4-8)14-11(16)7-20-10/h2-4H,5-7H2,1H3,(H,14,16)(H,18,19). The zero-order chi connectivity index (χ0) is 14.7. The van der Waals surface area contributed by atoms with Gasteiger partial charge in [0.2, 0.25) is 5.91 Å². The summed E-state index contributed by atoms with van der Waals surface area (Å²) in [6, 6.07) is 5.04. The van der Waals surface area contributed by atoms with Gasteiger partial charge >= 0.3 is 5.97 Å². The fourth-order valence-electron chi connectivity index (χ4n) is 1.84. The maximum Gasteiger partial charge on any atom is 0.323 e. The van der Waals surface area contributed by atoms with E-state index in [-0.39, 0.29) is 31.4 Å². The summed E-state index contributed by atoms with van der Waals surface area (Å²) in [5, 5.41) is 11.3. The number of amides is 2. The summed E-state index contributed by atoms with van der Waals surface area (Å²) in [5.41, 5.74) is 1.20. The Morgan fingerprint density at radius 1 is 1.45 bits per heavy atom. The Balaban J connectivity index is 2.07. The van der Waals surface area contributed by atoms with Crippen molar-refractivity contribution >= 4 is 23.5 Å². The molecule has 1 aliphatic heterocycles. The summed E-state index contributed by atoms with van der Waals surface area (Å²) in [6.07, 6.45) is 0.0624. The molecule has 0 aliphatic carbocycles. The second-order valence-corrected chi connectivity index (χ2v) is 4.49. The number of carboxylic acid groups (broad SMARTS) is 1. The van der Waals surface area contributed by atoms with Crippen LogP contribution < -0.4 is 10.1 Å². The van der Waals surface area contributed by atoms with Gasteiger partial charge in [-0.05, 0) is 17.7 Å². The summed E-state index contributed by atoms with van der Waals surface area (Å²) in [5.74, 6) is -1.06. The van der Waals surface area contributed by atoms with Gasteiger partial charge in [-0.3, -0.25) is 14.4 Å². The Kier molecular flexibility index (Phi) is 3.88. The summed E-state index contributed by atoms with van der Waals surface area (Å²) >= 11 is 0. The normalized spacial score (nSPS) is 12.9. The van der Waals surface area contributed by atoms with E-state index < -0.39 is 5.97 Å². The van der Waals surface area contributed by atoms with Crippen molar-refractivity contribution < 1.29 is 24.2 Å². The van der Waals surface area contributed by atoms with E-state index in [1.54, 1.807) is 18.2 Å². The zero-order valence-electron chi connectivity index (χ0n) is 10.9. The molecule has 1 heterocycles. The molecule has 1 aromatic carbocycles. The molecule has 106 valence electrons. The largest absolute Gasteiger partial charge is 0.482 e. The first-order chi connectivity index (χ1) is 9.45. The number of nitrogens with zero attached hydrogens (tertiary/aromatic N) is 1. The molecule has 0 saturated heterocycles. The first-order valence-electron chi connectivity index (χ1n) is 5.97. The van der Waals surface area contributed by atoms with Gasteiger partial charge in [-0.2, -0.15) is 0 Å². The Hall–Kier alpha value is -2.57. The van der Waals surface area contributed by atoms with Gasteiger partial charge in [0, 0.05) is 7.05 Å². The minimum Gasteiger partial charge on any atom is -0.482 e. The predicted octanol–water partition coefficient (Wildman–Crippen LogP) is 0.103. The molecule has 2 N–H and O–H groups in total. The molecule has 1 aliphatic rings. The molecular weight excluding hydrogens is 264 g/mol. The molecular formula is C13H14N2O5. The first-order valence-corrected chi connectivity index (χ1v) is 5.97. The lowest BCUT2D eigenvalue weighted by Crippen LogP contribution is -2.33. The Morgan fingerprint density at radius 3 is 2.90 bits per heavy atom. The third-order valence-corrected chi connectivity index (χ3v) is 2.83. The second kappa shape index (κ2) is 5.60. The molecule has 0 bridgehead atoms. The Bertz CT molecular complexity index is 570. The number of hydrogen-bond acceptors (Lipinski definition) is 4. The van der Waals surface area contributed by atoms with Crippen molar-refractivity contribution in [3.8, 4) is 5.75 Å². The number of carboxylic acids is 1. The van der Waals surface area contributed by atoms with Gasteiger partial charge in [0.15, 0.2) is 6.61 Å². The number of aliphatic carboxylic acids is 1. The molecule has 0 fully saturated rings. The van der Waals surface area contributed by atoms with Crippen molar-refractivity contribution in [1.82, 2.24) is 4.90 Å². The molecule has 0 radical (unpaired) electrons. The highest BCUT2D eigenvalue weighted by Crippen LogP contribution is 2.28. The van der Waals surface area contributed by atoms with Crippen LogP contribution in [0.3, 0.4) is 0 Å². The van der Waals surface area contributed by atoms with Crippen LogP contribution in [0.15, 0.2) is 18.2 Å². The highest BCUT2D eigenvalue weighted by atomic mass is 16.5. The predicted molar refractivity (Wildman–Crippen MR) is 69.5 cm³/mol. The van der Waals surface area contributed by atoms with Crippen LogP contribution in [0.25, 0.3) is 0 Å². The average molecular weight is 278 g/mol. The summed E-state index contributed by atoms with van der Waals surface area (Å²) in [4.78, 5) is 34.7. The lowest BCUT2D eigenvalue weighted by molar-refractivity contribution is -0.143. The van der Waals surface area contributed by atoms with Gasteiger partial charge in [-0.15, -0.1) is 0 Å². The number of carbonyl (C=O) groups is 3. The minimum absolute atomic E-state index is 0.0212. The van der Waals surface area contributed by atoms with Crippen LogP contribution in [0.2, 0.25) is 0 Å². The SMILES string of the molecule is CN(CC(=O)O)C(=O)Cc1ccc2c(c1)NC(=O)CO2. The number of fused-ring (bicyclic) bond motifs is 1. The monoisotopic (exact) mass is 278 g/mol. The first kappa shape index (κ1) is 13.9. The van der Waals surface area contributed by atoms with Gasteiger partial charge in [0.25, 0.3) is 5.91 Å². The fraction of sp³-hybridized carbons (Fsp3) is 0.308. The zero-order valence-corrected chi connectivity index (χ0v) is 10.9. The molecule has 20 heavy (non-hydrogen) atoms. The third kappa shape index (κ3) is 3.25. The highest BCUT2D eigenvalue weighted by molar-refractivity contribution is 5.95. The number of nitrogens with one attached hydrogen (secondary N) is 1. The van der Waals surface area contributed by atoms with E-state index in [0.29, 0.717) is 17.0 Å². The molecule has 2 amide bonds. The quantitative estimate of drug-likeness (QED) is 0.814. The van der Waals surface area contributed by atoms with E-state index in [1.165, 1.54) is 7.05 Å². The topological polar surface area (TPSA) is 95.9 Å². The minimum atomic E-state index is -1.06. The summed E-state index contributed by atoms with van der Waals surface area (Å²) < 4.78 is 5.21. The van der Waals surface area contributed by atoms with E-state index >= 15 is 0 Å². The molecule has 0 saturated carbocycles. The van der Waals surface area contributed by atoms with Crippen LogP contribution in [0, 0.1) is 0 Å². The summed E-state index contributed by atoms with van der Waals surface area (Å²) in [7, 11) is 1.43. The van der Waals surface area contributed by atoms with E-state index in [4.69, 9.17) is 9.84 Å². The Morgan fingerprint density at radius 2 is 2.20 bits per heavy atom. The Labute approximate surface area is 115 Å². The van der Waals surface area contributed by atoms with Crippen LogP contribution in [0.5, 0.6) is 5.75 Å². The molecule has 0 spiro atoms. The lowest BCUT2D eigenvalue weighted by Gasteiger charge is -2.19. The molecule has 7 heteroatoms. The highest BCUT2D eigenvalue weighted by Gasteiger charge is 2.18. The molecule has 0 unspecified atom stereocenters. The maximum absolute atomic E-state index is 11.8. The molecule has 0 atom stereocenters. The van der Waals surface area contributed by atoms with E-state index in [2.05, 4.69) is 5.32 Å². The molecule has 7 nitrogen and oxygen atoms in total. The number of ether oxygens (including phenoxy) is 1. The number of hydrogen-bond donors (Lipinski definition) is 2. The maximum atomic E-state index is 11.8. The van der Waals surface area contributed by atoms with E-state index in [0.717, 1.165) is 4.90 Å². The van der Waals surface area contributed by atoms with Crippen LogP contribution in [-0.4, -0.2) is 48.0 Å². The number of rotatable bonds is 4. The van der Waals surface area contributed by atoms with Crippen molar-refractivity contribution in [1.29, 1.82) is 0 Å². The lowest BCUT2D eigenvalue weighted by atomic mass is 10.1. The van der Waals surface area contributed by atoms with E-state index in [9.17, 15) is 14.4 Å². The fourth-order valence-corrected chi connectivity index (χ4v) is 1.84. The number of benzene rings is 1. The van der Waals surface area contributed by atoms with Crippen LogP contribution in [-0.2, 0) is 20.8 Å². The van der Waals surface area contributed by atoms with Gasteiger partial charge < -0.3 is 20.1 Å². The van der Waals surface area contributed by atoms with Crippen molar-refractivity contribution in [2.45, 2.75) is 6.42 Å². The van der Waals surface area contributed by atoms with Crippen LogP contribution in [0.1, 0.15) is 5.56 Å². The van der Waals surface area contributed by atoms with Crippen molar-refractivity contribution in [3.05, 3.63) is 23.8 Å². The van der Waals surface area contributed by atoms with Crippen LogP contribution in [0.4, 0.5) is 5.69 Å². The van der Waals surface area contributed by atoms with Gasteiger partial charge in [-0.25, -0.2) is 0 Å². The van der Waals surface area contributed by atoms with Crippen molar-refractivity contribution in [2.75, 3.05) is 25.5 Å². The number of carbonyl (C=O) groups excluding carboxylic acids is 2. The second-order valence-electron chi connectivity index (χ2n) is 4.49. The summed E-state index contributed by atoms with van der Waals surface area (Å²) in [6.45, 7) is -0.365. The smallest absolute Gasteiger partial charge is 0.323 e.